The molecule has 0 amide bonds. The number of aromatic nitrogens is 1. The van der Waals surface area contributed by atoms with Crippen molar-refractivity contribution in [3.8, 4) is 0 Å². The van der Waals surface area contributed by atoms with Crippen molar-refractivity contribution in [2.45, 2.75) is 24.6 Å². The summed E-state index contributed by atoms with van der Waals surface area (Å²) in [6.45, 7) is 4.19. The lowest BCUT2D eigenvalue weighted by Crippen LogP contribution is -2.01. The van der Waals surface area contributed by atoms with Crippen molar-refractivity contribution in [3.63, 3.8) is 0 Å². The van der Waals surface area contributed by atoms with Gasteiger partial charge in [0.15, 0.2) is 0 Å². The molecule has 0 aliphatic heterocycles. The molecule has 0 fully saturated rings. The Kier molecular flexibility index (Phi) is 4.79. The highest BCUT2D eigenvalue weighted by atomic mass is 32.2. The van der Waals surface area contributed by atoms with E-state index < -0.39 is 0 Å². The molecule has 0 N–H and O–H groups in total. The van der Waals surface area contributed by atoms with Crippen molar-refractivity contribution in [1.82, 2.24) is 4.98 Å². The monoisotopic (exact) mass is 287 g/mol. The molecule has 1 heterocycles. The molecule has 4 heteroatoms. The highest BCUT2D eigenvalue weighted by Crippen LogP contribution is 2.23. The van der Waals surface area contributed by atoms with Crippen LogP contribution in [0.4, 0.5) is 0 Å². The molecular formula is C16H17NO2S. The molecule has 0 aliphatic rings. The lowest BCUT2D eigenvalue weighted by molar-refractivity contribution is 0.0600. The zero-order valence-electron chi connectivity index (χ0n) is 11.8. The molecule has 0 saturated carbocycles. The molecule has 3 nitrogen and oxygen atoms in total. The van der Waals surface area contributed by atoms with Crippen LogP contribution >= 0.6 is 11.8 Å². The van der Waals surface area contributed by atoms with Gasteiger partial charge >= 0.3 is 5.97 Å². The van der Waals surface area contributed by atoms with E-state index in [1.54, 1.807) is 30.1 Å². The number of aryl methyl sites for hydroxylation is 2. The second kappa shape index (κ2) is 6.57. The van der Waals surface area contributed by atoms with Gasteiger partial charge in [0.2, 0.25) is 0 Å². The van der Waals surface area contributed by atoms with E-state index in [2.05, 4.69) is 37.0 Å². The lowest BCUT2D eigenvalue weighted by Gasteiger charge is -2.05. The van der Waals surface area contributed by atoms with Crippen LogP contribution in [0, 0.1) is 13.8 Å². The molecule has 0 saturated heterocycles. The number of esters is 1. The largest absolute Gasteiger partial charge is 0.465 e. The summed E-state index contributed by atoms with van der Waals surface area (Å²) in [4.78, 5) is 15.7. The molecule has 0 spiro atoms. The molecule has 0 unspecified atom stereocenters. The first kappa shape index (κ1) is 14.6. The highest BCUT2D eigenvalue weighted by Gasteiger charge is 2.07. The first-order chi connectivity index (χ1) is 9.58. The Bertz CT molecular complexity index is 605. The van der Waals surface area contributed by atoms with Crippen molar-refractivity contribution >= 4 is 17.7 Å². The van der Waals surface area contributed by atoms with Crippen LogP contribution in [0.3, 0.4) is 0 Å². The van der Waals surface area contributed by atoms with E-state index in [0.29, 0.717) is 5.56 Å². The highest BCUT2D eigenvalue weighted by molar-refractivity contribution is 7.98. The number of rotatable bonds is 4. The van der Waals surface area contributed by atoms with Crippen LogP contribution in [0.25, 0.3) is 0 Å². The minimum atomic E-state index is -0.333. The zero-order valence-corrected chi connectivity index (χ0v) is 12.7. The fraction of sp³-hybridized carbons (Fsp3) is 0.250. The summed E-state index contributed by atoms with van der Waals surface area (Å²) in [7, 11) is 1.38. The molecule has 0 bridgehead atoms. The number of carbonyl (C=O) groups excluding carboxylic acids is 1. The molecular weight excluding hydrogens is 270 g/mol. The fourth-order valence-corrected chi connectivity index (χ4v) is 2.87. The first-order valence-electron chi connectivity index (χ1n) is 6.33. The summed E-state index contributed by atoms with van der Waals surface area (Å²) >= 11 is 1.61. The van der Waals surface area contributed by atoms with Gasteiger partial charge in [-0.15, -0.1) is 11.8 Å². The normalized spacial score (nSPS) is 10.3. The third-order valence-electron chi connectivity index (χ3n) is 2.82. The molecule has 0 atom stereocenters. The predicted octanol–water partition coefficient (Wildman–Crippen LogP) is 3.78. The van der Waals surface area contributed by atoms with Crippen molar-refractivity contribution < 1.29 is 9.53 Å². The Morgan fingerprint density at radius 1 is 1.20 bits per heavy atom. The number of nitrogens with zero attached hydrogens (tertiary/aromatic N) is 1. The summed E-state index contributed by atoms with van der Waals surface area (Å²) in [5, 5.41) is 0.826. The number of pyridine rings is 1. The molecule has 20 heavy (non-hydrogen) atoms. The summed E-state index contributed by atoms with van der Waals surface area (Å²) < 4.78 is 4.71. The van der Waals surface area contributed by atoms with Gasteiger partial charge < -0.3 is 4.74 Å². The zero-order chi connectivity index (χ0) is 14.5. The Hall–Kier alpha value is -1.81. The number of ether oxygens (including phenoxy) is 1. The minimum absolute atomic E-state index is 0.333. The van der Waals surface area contributed by atoms with E-state index in [-0.39, 0.29) is 5.97 Å². The van der Waals surface area contributed by atoms with Crippen LogP contribution < -0.4 is 0 Å². The Morgan fingerprint density at radius 3 is 2.55 bits per heavy atom. The Labute approximate surface area is 123 Å². The average molecular weight is 287 g/mol. The number of hydrogen-bond acceptors (Lipinski definition) is 4. The smallest absolute Gasteiger partial charge is 0.337 e. The Morgan fingerprint density at radius 2 is 1.90 bits per heavy atom. The van der Waals surface area contributed by atoms with Gasteiger partial charge in [-0.05, 0) is 31.5 Å². The second-order valence-corrected chi connectivity index (χ2v) is 5.65. The van der Waals surface area contributed by atoms with E-state index >= 15 is 0 Å². The Balaban J connectivity index is 2.09. The third-order valence-corrected chi connectivity index (χ3v) is 3.82. The maximum absolute atomic E-state index is 11.5. The van der Waals surface area contributed by atoms with E-state index in [1.807, 2.05) is 0 Å². The van der Waals surface area contributed by atoms with Crippen molar-refractivity contribution in [1.29, 1.82) is 0 Å². The number of thioether (sulfide) groups is 1. The summed E-state index contributed by atoms with van der Waals surface area (Å²) in [5.74, 6) is 0.501. The minimum Gasteiger partial charge on any atom is -0.465 e. The van der Waals surface area contributed by atoms with E-state index in [9.17, 15) is 4.79 Å². The van der Waals surface area contributed by atoms with Crippen LogP contribution in [0.5, 0.6) is 0 Å². The predicted molar refractivity (Wildman–Crippen MR) is 81.1 cm³/mol. The summed E-state index contributed by atoms with van der Waals surface area (Å²) in [5.41, 5.74) is 4.32. The van der Waals surface area contributed by atoms with Gasteiger partial charge in [0, 0.05) is 11.9 Å². The molecule has 1 aromatic carbocycles. The maximum Gasteiger partial charge on any atom is 0.337 e. The van der Waals surface area contributed by atoms with E-state index in [0.717, 1.165) is 10.8 Å². The van der Waals surface area contributed by atoms with Gasteiger partial charge in [-0.2, -0.15) is 0 Å². The third kappa shape index (κ3) is 3.84. The number of carbonyl (C=O) groups is 1. The van der Waals surface area contributed by atoms with Crippen molar-refractivity contribution in [2.75, 3.05) is 7.11 Å². The number of benzene rings is 1. The van der Waals surface area contributed by atoms with Gasteiger partial charge in [0.25, 0.3) is 0 Å². The van der Waals surface area contributed by atoms with E-state index in [1.165, 1.54) is 23.8 Å². The molecule has 1 aromatic heterocycles. The quantitative estimate of drug-likeness (QED) is 0.634. The average Bonchev–Trinajstić information content (AvgIpc) is 2.43. The second-order valence-electron chi connectivity index (χ2n) is 4.66. The standard InChI is InChI=1S/C16H17NO2S/c1-11-6-12(2)8-13(7-11)10-20-15-9-14(4-5-17-15)16(18)19-3/h4-9H,10H2,1-3H3. The van der Waals surface area contributed by atoms with Crippen LogP contribution in [0.2, 0.25) is 0 Å². The van der Waals surface area contributed by atoms with Crippen LogP contribution in [0.1, 0.15) is 27.0 Å². The van der Waals surface area contributed by atoms with E-state index in [4.69, 9.17) is 4.74 Å². The topological polar surface area (TPSA) is 39.2 Å². The van der Waals surface area contributed by atoms with Gasteiger partial charge in [-0.1, -0.05) is 29.3 Å². The molecule has 2 aromatic rings. The molecule has 2 rings (SSSR count). The van der Waals surface area contributed by atoms with Crippen LogP contribution in [-0.4, -0.2) is 18.1 Å². The fourth-order valence-electron chi connectivity index (χ4n) is 2.04. The van der Waals surface area contributed by atoms with Crippen molar-refractivity contribution in [2.24, 2.45) is 0 Å². The lowest BCUT2D eigenvalue weighted by atomic mass is 10.1. The SMILES string of the molecule is COC(=O)c1ccnc(SCc2cc(C)cc(C)c2)c1. The number of hydrogen-bond donors (Lipinski definition) is 0. The van der Waals surface area contributed by atoms with Crippen LogP contribution in [-0.2, 0) is 10.5 Å². The summed E-state index contributed by atoms with van der Waals surface area (Å²) in [6.07, 6.45) is 1.64. The molecule has 0 radical (unpaired) electrons. The molecule has 0 aliphatic carbocycles. The van der Waals surface area contributed by atoms with Gasteiger partial charge in [0.1, 0.15) is 0 Å². The van der Waals surface area contributed by atoms with Crippen molar-refractivity contribution in [3.05, 3.63) is 58.8 Å². The van der Waals surface area contributed by atoms with Gasteiger partial charge in [-0.25, -0.2) is 9.78 Å². The van der Waals surface area contributed by atoms with Gasteiger partial charge in [-0.3, -0.25) is 0 Å². The molecule has 104 valence electrons. The summed E-state index contributed by atoms with van der Waals surface area (Å²) in [6, 6.07) is 9.92. The maximum atomic E-state index is 11.5. The van der Waals surface area contributed by atoms with Gasteiger partial charge in [0.05, 0.1) is 17.7 Å². The van der Waals surface area contributed by atoms with Crippen LogP contribution in [0.15, 0.2) is 41.6 Å². The number of methoxy groups -OCH3 is 1. The first-order valence-corrected chi connectivity index (χ1v) is 7.31.